The molecule has 0 aromatic heterocycles. The van der Waals surface area contributed by atoms with Gasteiger partial charge in [-0.15, -0.1) is 6.42 Å². The second-order valence-corrected chi connectivity index (χ2v) is 2.88. The van der Waals surface area contributed by atoms with Crippen molar-refractivity contribution in [2.45, 2.75) is 12.6 Å². The number of hydrogen-bond acceptors (Lipinski definition) is 1. The number of terminal acetylenes is 1. The van der Waals surface area contributed by atoms with E-state index in [4.69, 9.17) is 11.5 Å². The molecule has 1 atom stereocenters. The predicted octanol–water partition coefficient (Wildman–Crippen LogP) is -0.256. The summed E-state index contributed by atoms with van der Waals surface area (Å²) in [7, 11) is 0. The van der Waals surface area contributed by atoms with Crippen LogP contribution in [-0.2, 0) is 6.54 Å². The Morgan fingerprint density at radius 2 is 2.08 bits per heavy atom. The summed E-state index contributed by atoms with van der Waals surface area (Å²) in [6.45, 7) is 0.847. The third-order valence-electron chi connectivity index (χ3n) is 1.89. The van der Waals surface area contributed by atoms with Crippen LogP contribution in [0.1, 0.15) is 5.56 Å². The molecule has 3 N–H and O–H groups in total. The number of quaternary nitrogens is 1. The summed E-state index contributed by atoms with van der Waals surface area (Å²) >= 11 is 0. The van der Waals surface area contributed by atoms with Gasteiger partial charge in [-0.1, -0.05) is 30.3 Å². The highest BCUT2D eigenvalue weighted by atomic mass is 16.3. The van der Waals surface area contributed by atoms with Crippen LogP contribution in [-0.4, -0.2) is 17.8 Å². The molecule has 0 aliphatic carbocycles. The van der Waals surface area contributed by atoms with Gasteiger partial charge in [0.15, 0.2) is 6.04 Å². The number of aliphatic hydroxyl groups is 1. The molecule has 2 nitrogen and oxygen atoms in total. The molecule has 0 aliphatic rings. The van der Waals surface area contributed by atoms with Crippen molar-refractivity contribution >= 4 is 0 Å². The first-order chi connectivity index (χ1) is 6.36. The van der Waals surface area contributed by atoms with Gasteiger partial charge in [-0.05, 0) is 5.92 Å². The highest BCUT2D eigenvalue weighted by molar-refractivity contribution is 5.13. The number of hydrogen-bond donors (Lipinski definition) is 2. The van der Waals surface area contributed by atoms with Gasteiger partial charge in [0.25, 0.3) is 0 Å². The maximum absolute atomic E-state index is 8.83. The van der Waals surface area contributed by atoms with E-state index in [1.807, 2.05) is 35.6 Å². The van der Waals surface area contributed by atoms with Crippen molar-refractivity contribution in [1.29, 1.82) is 0 Å². The molecule has 1 aromatic carbocycles. The van der Waals surface area contributed by atoms with Gasteiger partial charge in [0, 0.05) is 5.56 Å². The lowest BCUT2D eigenvalue weighted by atomic mass is 10.2. The third kappa shape index (κ3) is 3.29. The van der Waals surface area contributed by atoms with Gasteiger partial charge in [-0.3, -0.25) is 0 Å². The summed E-state index contributed by atoms with van der Waals surface area (Å²) in [6.07, 6.45) is 5.21. The van der Waals surface area contributed by atoms with Crippen LogP contribution in [0.25, 0.3) is 0 Å². The van der Waals surface area contributed by atoms with E-state index in [1.165, 1.54) is 5.56 Å². The fraction of sp³-hybridized carbons (Fsp3) is 0.273. The zero-order valence-corrected chi connectivity index (χ0v) is 7.48. The molecule has 1 rings (SSSR count). The zero-order chi connectivity index (χ0) is 9.52. The number of nitrogens with two attached hydrogens (primary N) is 1. The quantitative estimate of drug-likeness (QED) is 0.610. The molecule has 0 spiro atoms. The van der Waals surface area contributed by atoms with Crippen molar-refractivity contribution in [2.75, 3.05) is 6.61 Å². The second kappa shape index (κ2) is 5.36. The average molecular weight is 176 g/mol. The predicted molar refractivity (Wildman–Crippen MR) is 51.8 cm³/mol. The van der Waals surface area contributed by atoms with Gasteiger partial charge in [0.2, 0.25) is 0 Å². The minimum atomic E-state index is -0.125. The Balaban J connectivity index is 2.40. The van der Waals surface area contributed by atoms with E-state index >= 15 is 0 Å². The molecule has 0 aliphatic heterocycles. The Kier molecular flexibility index (Phi) is 4.04. The van der Waals surface area contributed by atoms with Crippen LogP contribution in [0.5, 0.6) is 0 Å². The lowest BCUT2D eigenvalue weighted by molar-refractivity contribution is -0.693. The molecular formula is C11H14NO+. The average Bonchev–Trinajstić information content (AvgIpc) is 2.21. The summed E-state index contributed by atoms with van der Waals surface area (Å²) in [5.41, 5.74) is 1.22. The molecule has 0 saturated heterocycles. The van der Waals surface area contributed by atoms with Crippen LogP contribution in [0.15, 0.2) is 30.3 Å². The van der Waals surface area contributed by atoms with Crippen LogP contribution in [0.3, 0.4) is 0 Å². The van der Waals surface area contributed by atoms with Crippen LogP contribution in [0.2, 0.25) is 0 Å². The Hall–Kier alpha value is -1.30. The third-order valence-corrected chi connectivity index (χ3v) is 1.89. The molecule has 13 heavy (non-hydrogen) atoms. The van der Waals surface area contributed by atoms with E-state index in [9.17, 15) is 0 Å². The van der Waals surface area contributed by atoms with Crippen LogP contribution in [0, 0.1) is 12.3 Å². The molecule has 0 bridgehead atoms. The minimum Gasteiger partial charge on any atom is -0.389 e. The summed E-state index contributed by atoms with van der Waals surface area (Å²) in [4.78, 5) is 0. The summed E-state index contributed by atoms with van der Waals surface area (Å²) in [6, 6.07) is 9.93. The van der Waals surface area contributed by atoms with Gasteiger partial charge in [-0.25, -0.2) is 0 Å². The largest absolute Gasteiger partial charge is 0.389 e. The van der Waals surface area contributed by atoms with Crippen molar-refractivity contribution in [3.05, 3.63) is 35.9 Å². The Labute approximate surface area is 78.6 Å². The first-order valence-electron chi connectivity index (χ1n) is 4.31. The number of aliphatic hydroxyl groups excluding tert-OH is 1. The Morgan fingerprint density at radius 1 is 1.38 bits per heavy atom. The summed E-state index contributed by atoms with van der Waals surface area (Å²) in [5.74, 6) is 2.52. The molecule has 0 radical (unpaired) electrons. The minimum absolute atomic E-state index is 0.0311. The van der Waals surface area contributed by atoms with E-state index in [1.54, 1.807) is 0 Å². The molecule has 0 fully saturated rings. The molecule has 0 heterocycles. The smallest absolute Gasteiger partial charge is 0.171 e. The first-order valence-corrected chi connectivity index (χ1v) is 4.31. The molecule has 68 valence electrons. The maximum atomic E-state index is 8.83. The van der Waals surface area contributed by atoms with Crippen molar-refractivity contribution in [2.24, 2.45) is 0 Å². The van der Waals surface area contributed by atoms with Gasteiger partial charge < -0.3 is 10.4 Å². The lowest BCUT2D eigenvalue weighted by Gasteiger charge is -2.05. The zero-order valence-electron chi connectivity index (χ0n) is 7.48. The standard InChI is InChI=1S/C11H13NO/c1-2-11(9-13)12-8-10-6-4-3-5-7-10/h1,3-7,11-13H,8-9H2/p+1/t11-/m0/s1. The van der Waals surface area contributed by atoms with E-state index in [2.05, 4.69) is 5.92 Å². The fourth-order valence-electron chi connectivity index (χ4n) is 1.09. The van der Waals surface area contributed by atoms with E-state index in [-0.39, 0.29) is 12.6 Å². The van der Waals surface area contributed by atoms with Crippen molar-refractivity contribution < 1.29 is 10.4 Å². The van der Waals surface area contributed by atoms with Gasteiger partial charge >= 0.3 is 0 Å². The maximum Gasteiger partial charge on any atom is 0.171 e. The van der Waals surface area contributed by atoms with Crippen molar-refractivity contribution in [1.82, 2.24) is 0 Å². The van der Waals surface area contributed by atoms with E-state index in [0.29, 0.717) is 0 Å². The highest BCUT2D eigenvalue weighted by Crippen LogP contribution is 1.94. The topological polar surface area (TPSA) is 36.8 Å². The summed E-state index contributed by atoms with van der Waals surface area (Å²) < 4.78 is 0. The van der Waals surface area contributed by atoms with Gasteiger partial charge in [0.05, 0.1) is 0 Å². The Bertz CT molecular complexity index is 276. The van der Waals surface area contributed by atoms with Crippen molar-refractivity contribution in [3.63, 3.8) is 0 Å². The lowest BCUT2D eigenvalue weighted by Crippen LogP contribution is -2.89. The second-order valence-electron chi connectivity index (χ2n) is 2.88. The molecule has 1 aromatic rings. The number of rotatable bonds is 4. The highest BCUT2D eigenvalue weighted by Gasteiger charge is 2.04. The van der Waals surface area contributed by atoms with Crippen molar-refractivity contribution in [3.8, 4) is 12.3 Å². The number of benzene rings is 1. The normalized spacial score (nSPS) is 12.0. The molecule has 2 heteroatoms. The molecule has 0 saturated carbocycles. The van der Waals surface area contributed by atoms with Gasteiger partial charge in [0.1, 0.15) is 13.2 Å². The molecular weight excluding hydrogens is 162 g/mol. The molecule has 0 amide bonds. The van der Waals surface area contributed by atoms with Crippen LogP contribution < -0.4 is 5.32 Å². The SMILES string of the molecule is C#C[C@@H](CO)[NH2+]Cc1ccccc1. The van der Waals surface area contributed by atoms with E-state index < -0.39 is 0 Å². The Morgan fingerprint density at radius 3 is 2.62 bits per heavy atom. The monoisotopic (exact) mass is 176 g/mol. The van der Waals surface area contributed by atoms with Crippen LogP contribution >= 0.6 is 0 Å². The fourth-order valence-corrected chi connectivity index (χ4v) is 1.09. The first kappa shape index (κ1) is 9.79. The molecule has 0 unspecified atom stereocenters. The van der Waals surface area contributed by atoms with Crippen LogP contribution in [0.4, 0.5) is 0 Å². The van der Waals surface area contributed by atoms with Gasteiger partial charge in [-0.2, -0.15) is 0 Å². The van der Waals surface area contributed by atoms with E-state index in [0.717, 1.165) is 6.54 Å². The summed E-state index contributed by atoms with van der Waals surface area (Å²) in [5, 5.41) is 10.8.